The third-order valence-electron chi connectivity index (χ3n) is 2.55. The molecule has 1 atom stereocenters. The molecule has 0 saturated carbocycles. The van der Waals surface area contributed by atoms with Crippen LogP contribution in [-0.2, 0) is 6.42 Å². The van der Waals surface area contributed by atoms with Gasteiger partial charge in [-0.2, -0.15) is 0 Å². The van der Waals surface area contributed by atoms with Gasteiger partial charge in [-0.05, 0) is 19.8 Å². The van der Waals surface area contributed by atoms with Crippen LogP contribution in [0.3, 0.4) is 0 Å². The Balaban J connectivity index is 2.97. The van der Waals surface area contributed by atoms with E-state index in [4.69, 9.17) is 15.2 Å². The van der Waals surface area contributed by atoms with Crippen LogP contribution in [0.15, 0.2) is 0 Å². The summed E-state index contributed by atoms with van der Waals surface area (Å²) < 4.78 is 10.6. The highest BCUT2D eigenvalue weighted by Crippen LogP contribution is 2.40. The lowest BCUT2D eigenvalue weighted by Crippen LogP contribution is -2.21. The van der Waals surface area contributed by atoms with Gasteiger partial charge in [0.1, 0.15) is 0 Å². The minimum Gasteiger partial charge on any atom is -0.487 e. The summed E-state index contributed by atoms with van der Waals surface area (Å²) in [4.78, 5) is 0. The normalized spacial score (nSPS) is 12.6. The van der Waals surface area contributed by atoms with Gasteiger partial charge >= 0.3 is 0 Å². The zero-order valence-electron chi connectivity index (χ0n) is 9.79. The predicted molar refractivity (Wildman–Crippen MR) is 64.1 cm³/mol. The van der Waals surface area contributed by atoms with Crippen molar-refractivity contribution in [1.82, 2.24) is 0 Å². The minimum absolute atomic E-state index is 0.192. The van der Waals surface area contributed by atoms with E-state index in [9.17, 15) is 0 Å². The Morgan fingerprint density at radius 2 is 1.87 bits per heavy atom. The topological polar surface area (TPSA) is 44.5 Å². The molecule has 1 heterocycles. The Hall–Kier alpha value is -0.740. The number of nitrogens with two attached hydrogens (primary N) is 1. The van der Waals surface area contributed by atoms with Crippen LogP contribution in [0.5, 0.6) is 10.1 Å². The predicted octanol–water partition coefficient (Wildman–Crippen LogP) is 2.35. The molecule has 2 N–H and O–H groups in total. The highest BCUT2D eigenvalue weighted by atomic mass is 32.1. The molecule has 0 aliphatic rings. The maximum Gasteiger partial charge on any atom is 0.180 e. The summed E-state index contributed by atoms with van der Waals surface area (Å²) in [6.07, 6.45) is 1.83. The monoisotopic (exact) mass is 229 g/mol. The van der Waals surface area contributed by atoms with Crippen LogP contribution >= 0.6 is 11.3 Å². The molecule has 1 aromatic heterocycles. The highest BCUT2D eigenvalue weighted by molar-refractivity contribution is 7.16. The molecule has 0 bridgehead atoms. The first-order chi connectivity index (χ1) is 7.13. The second-order valence-corrected chi connectivity index (χ2v) is 4.51. The Morgan fingerprint density at radius 3 is 2.33 bits per heavy atom. The van der Waals surface area contributed by atoms with Gasteiger partial charge in [0, 0.05) is 17.2 Å². The number of hydrogen-bond donors (Lipinski definition) is 1. The second-order valence-electron chi connectivity index (χ2n) is 3.56. The van der Waals surface area contributed by atoms with E-state index in [1.165, 1.54) is 16.9 Å². The molecule has 0 amide bonds. The Bertz CT molecular complexity index is 323. The summed E-state index contributed by atoms with van der Waals surface area (Å²) in [6, 6.07) is 0.192. The Kier molecular flexibility index (Phi) is 4.42. The fraction of sp³-hybridized carbons (Fsp3) is 0.636. The molecule has 0 aromatic carbocycles. The number of methoxy groups -OCH3 is 2. The fourth-order valence-electron chi connectivity index (χ4n) is 1.50. The minimum atomic E-state index is 0.192. The van der Waals surface area contributed by atoms with Crippen molar-refractivity contribution in [3.8, 4) is 10.1 Å². The van der Waals surface area contributed by atoms with E-state index in [2.05, 4.69) is 13.8 Å². The molecule has 1 rings (SSSR count). The summed E-state index contributed by atoms with van der Waals surface area (Å²) in [5, 5.41) is 1.85. The smallest absolute Gasteiger partial charge is 0.180 e. The van der Waals surface area contributed by atoms with Crippen LogP contribution in [0.4, 0.5) is 0 Å². The van der Waals surface area contributed by atoms with Gasteiger partial charge in [-0.1, -0.05) is 18.3 Å². The molecule has 15 heavy (non-hydrogen) atoms. The van der Waals surface area contributed by atoms with Gasteiger partial charge in [0.05, 0.1) is 14.2 Å². The van der Waals surface area contributed by atoms with E-state index < -0.39 is 0 Å². The lowest BCUT2D eigenvalue weighted by atomic mass is 10.0. The fourth-order valence-corrected chi connectivity index (χ4v) is 2.47. The number of rotatable bonds is 5. The first-order valence-electron chi connectivity index (χ1n) is 5.09. The van der Waals surface area contributed by atoms with Crippen molar-refractivity contribution >= 4 is 11.3 Å². The van der Waals surface area contributed by atoms with Crippen molar-refractivity contribution in [3.05, 3.63) is 11.1 Å². The number of thiophene rings is 1. The molecule has 0 spiro atoms. The van der Waals surface area contributed by atoms with E-state index in [0.29, 0.717) is 0 Å². The summed E-state index contributed by atoms with van der Waals surface area (Å²) >= 11 is 1.54. The lowest BCUT2D eigenvalue weighted by molar-refractivity contribution is 0.420. The van der Waals surface area contributed by atoms with Gasteiger partial charge in [0.2, 0.25) is 0 Å². The van der Waals surface area contributed by atoms with Crippen LogP contribution in [-0.4, -0.2) is 20.3 Å². The molecule has 1 unspecified atom stereocenters. The average molecular weight is 229 g/mol. The first kappa shape index (κ1) is 12.3. The van der Waals surface area contributed by atoms with E-state index in [0.717, 1.165) is 28.5 Å². The van der Waals surface area contributed by atoms with Crippen molar-refractivity contribution < 1.29 is 9.47 Å². The van der Waals surface area contributed by atoms with Gasteiger partial charge in [-0.15, -0.1) is 0 Å². The highest BCUT2D eigenvalue weighted by Gasteiger charge is 2.17. The van der Waals surface area contributed by atoms with Crippen LogP contribution in [0.2, 0.25) is 0 Å². The van der Waals surface area contributed by atoms with E-state index in [1.54, 1.807) is 14.2 Å². The Labute approximate surface area is 95.2 Å². The molecule has 1 aromatic rings. The third kappa shape index (κ3) is 2.63. The molecule has 0 aliphatic carbocycles. The zero-order chi connectivity index (χ0) is 11.4. The largest absolute Gasteiger partial charge is 0.487 e. The molecule has 3 nitrogen and oxygen atoms in total. The van der Waals surface area contributed by atoms with Crippen molar-refractivity contribution in [3.63, 3.8) is 0 Å². The summed E-state index contributed by atoms with van der Waals surface area (Å²) in [5.41, 5.74) is 8.30. The van der Waals surface area contributed by atoms with E-state index >= 15 is 0 Å². The summed E-state index contributed by atoms with van der Waals surface area (Å²) in [6.45, 7) is 4.14. The maximum absolute atomic E-state index is 5.96. The molecule has 0 aliphatic heterocycles. The SMILES string of the molecule is CCC(N)Cc1c(OC)sc(OC)c1C. The van der Waals surface area contributed by atoms with Crippen molar-refractivity contribution in [1.29, 1.82) is 0 Å². The van der Waals surface area contributed by atoms with Gasteiger partial charge < -0.3 is 15.2 Å². The third-order valence-corrected chi connectivity index (χ3v) is 3.81. The van der Waals surface area contributed by atoms with Crippen molar-refractivity contribution in [2.75, 3.05) is 14.2 Å². The lowest BCUT2D eigenvalue weighted by Gasteiger charge is -2.09. The average Bonchev–Trinajstić information content (AvgIpc) is 2.55. The summed E-state index contributed by atoms with van der Waals surface area (Å²) in [5.74, 6) is 0. The van der Waals surface area contributed by atoms with Gasteiger partial charge in [-0.3, -0.25) is 0 Å². The van der Waals surface area contributed by atoms with E-state index in [1.807, 2.05) is 0 Å². The Morgan fingerprint density at radius 1 is 1.27 bits per heavy atom. The zero-order valence-corrected chi connectivity index (χ0v) is 10.6. The molecule has 86 valence electrons. The standard InChI is InChI=1S/C11H19NO2S/c1-5-8(12)6-9-7(2)10(13-3)15-11(9)14-4/h8H,5-6,12H2,1-4H3. The van der Waals surface area contributed by atoms with E-state index in [-0.39, 0.29) is 6.04 Å². The van der Waals surface area contributed by atoms with Crippen LogP contribution in [0.1, 0.15) is 24.5 Å². The number of ether oxygens (including phenoxy) is 2. The van der Waals surface area contributed by atoms with Crippen LogP contribution in [0, 0.1) is 6.92 Å². The van der Waals surface area contributed by atoms with Crippen molar-refractivity contribution in [2.24, 2.45) is 5.73 Å². The molecular weight excluding hydrogens is 210 g/mol. The van der Waals surface area contributed by atoms with Crippen LogP contribution < -0.4 is 15.2 Å². The van der Waals surface area contributed by atoms with Gasteiger partial charge in [0.15, 0.2) is 10.1 Å². The van der Waals surface area contributed by atoms with Crippen LogP contribution in [0.25, 0.3) is 0 Å². The summed E-state index contributed by atoms with van der Waals surface area (Å²) in [7, 11) is 3.37. The van der Waals surface area contributed by atoms with Gasteiger partial charge in [-0.25, -0.2) is 0 Å². The molecule has 0 saturated heterocycles. The quantitative estimate of drug-likeness (QED) is 0.843. The van der Waals surface area contributed by atoms with Gasteiger partial charge in [0.25, 0.3) is 0 Å². The number of hydrogen-bond acceptors (Lipinski definition) is 4. The maximum atomic E-state index is 5.96. The molecule has 0 fully saturated rings. The molecular formula is C11H19NO2S. The molecule has 4 heteroatoms. The second kappa shape index (κ2) is 5.37. The van der Waals surface area contributed by atoms with Crippen molar-refractivity contribution in [2.45, 2.75) is 32.7 Å². The molecule has 0 radical (unpaired) electrons. The first-order valence-corrected chi connectivity index (χ1v) is 5.91.